The Balaban J connectivity index is 0.903. The van der Waals surface area contributed by atoms with Crippen LogP contribution < -0.4 is 9.47 Å². The number of benzene rings is 10. The van der Waals surface area contributed by atoms with Gasteiger partial charge in [-0.15, -0.1) is 0 Å². The van der Waals surface area contributed by atoms with E-state index >= 15 is 0 Å². The third kappa shape index (κ3) is 8.05. The Morgan fingerprint density at radius 2 is 0.947 bits per heavy atom. The normalized spacial score (nSPS) is 15.2. The van der Waals surface area contributed by atoms with Gasteiger partial charge in [-0.1, -0.05) is 137 Å². The van der Waals surface area contributed by atoms with Crippen LogP contribution in [0.4, 0.5) is 0 Å². The number of ether oxygens (including phenoxy) is 2. The first-order valence-corrected chi connectivity index (χ1v) is 26.5. The van der Waals surface area contributed by atoms with E-state index in [9.17, 15) is 30.6 Å². The first kappa shape index (κ1) is 49.2. The molecule has 10 aromatic rings. The number of aliphatic hydroxyl groups excluding tert-OH is 4. The van der Waals surface area contributed by atoms with Crippen molar-refractivity contribution in [2.24, 2.45) is 5.92 Å². The lowest BCUT2D eigenvalue weighted by Gasteiger charge is -2.33. The van der Waals surface area contributed by atoms with E-state index in [1.165, 1.54) is 71.3 Å². The van der Waals surface area contributed by atoms with Crippen molar-refractivity contribution in [2.75, 3.05) is 13.2 Å². The van der Waals surface area contributed by atoms with Gasteiger partial charge in [0.25, 0.3) is 0 Å². The molecule has 0 spiro atoms. The van der Waals surface area contributed by atoms with Gasteiger partial charge < -0.3 is 40.1 Å². The lowest BCUT2D eigenvalue weighted by Crippen LogP contribution is -2.33. The molecule has 0 saturated heterocycles. The molecule has 0 aliphatic heterocycles. The second kappa shape index (κ2) is 19.1. The summed E-state index contributed by atoms with van der Waals surface area (Å²) in [5, 5.41) is 69.2. The Bertz CT molecular complexity index is 3840. The Morgan fingerprint density at radius 1 is 0.461 bits per heavy atom. The summed E-state index contributed by atoms with van der Waals surface area (Å²) in [7, 11) is 0. The van der Waals surface area contributed by atoms with Crippen molar-refractivity contribution in [3.05, 3.63) is 202 Å². The number of fused-ring (bicyclic) bond motifs is 6. The quantitative estimate of drug-likeness (QED) is 0.0415. The molecule has 1 atom stereocenters. The third-order valence-electron chi connectivity index (χ3n) is 16.6. The zero-order valence-electron chi connectivity index (χ0n) is 43.4. The first-order chi connectivity index (χ1) is 36.8. The second-order valence-corrected chi connectivity index (χ2v) is 22.0. The van der Waals surface area contributed by atoms with Gasteiger partial charge in [-0.05, 0) is 172 Å². The molecular weight excluding hydrogens is 945 g/mol. The molecule has 0 saturated carbocycles. The van der Waals surface area contributed by atoms with Gasteiger partial charge in [-0.25, -0.2) is 0 Å². The predicted octanol–water partition coefficient (Wildman–Crippen LogP) is 14.0. The third-order valence-corrected chi connectivity index (χ3v) is 16.6. The average molecular weight is 1010 g/mol. The first-order valence-electron chi connectivity index (χ1n) is 26.5. The number of rotatable bonds is 16. The van der Waals surface area contributed by atoms with Gasteiger partial charge in [0, 0.05) is 27.7 Å². The van der Waals surface area contributed by atoms with Crippen LogP contribution in [0.25, 0.3) is 76.8 Å². The fourth-order valence-electron chi connectivity index (χ4n) is 12.8. The number of aromatic hydroxyl groups is 2. The van der Waals surface area contributed by atoms with Gasteiger partial charge in [0.15, 0.2) is 0 Å². The van der Waals surface area contributed by atoms with Gasteiger partial charge in [-0.3, -0.25) is 0 Å². The van der Waals surface area contributed by atoms with E-state index in [2.05, 4.69) is 149 Å². The monoisotopic (exact) mass is 1010 g/mol. The maximum absolute atomic E-state index is 10.7. The van der Waals surface area contributed by atoms with Crippen molar-refractivity contribution in [3.63, 3.8) is 0 Å². The van der Waals surface area contributed by atoms with E-state index in [-0.39, 0.29) is 45.8 Å². The molecule has 1 unspecified atom stereocenters. The summed E-state index contributed by atoms with van der Waals surface area (Å²) in [6.07, 6.45) is 2.23. The minimum absolute atomic E-state index is 0.150. The standard InChI is InChI=1S/C68H62O8/c1-39(2)24-40-25-45-11-10-41-12-17-53(58-21-16-46(26-40)63(45)64(41)58)44-15-20-56-55-18-13-42(31-60(55)67(3,4)61(56)33-44)43-14-19-57-54-8-5-6-9-59(54)68(62(57)32-43,38-76-52-29-49(36-71)66(74)50(30-52)37-72)22-7-23-75-51-27-47(34-69)65(73)48(28-51)35-70/h5-6,8-21,25-33,39,69-74H,7,22-24,34-38H2,1-4H3. The largest absolute Gasteiger partial charge is 0.507 e. The number of hydrogen-bond acceptors (Lipinski definition) is 8. The number of aliphatic hydroxyl groups is 4. The van der Waals surface area contributed by atoms with Crippen molar-refractivity contribution < 1.29 is 40.1 Å². The fourth-order valence-corrected chi connectivity index (χ4v) is 12.8. The highest BCUT2D eigenvalue weighted by Crippen LogP contribution is 2.55. The summed E-state index contributed by atoms with van der Waals surface area (Å²) in [5.74, 6) is 1.13. The number of hydrogen-bond donors (Lipinski definition) is 6. The summed E-state index contributed by atoms with van der Waals surface area (Å²) in [6.45, 7) is 8.08. The second-order valence-electron chi connectivity index (χ2n) is 22.0. The minimum atomic E-state index is -0.701. The molecule has 2 aliphatic carbocycles. The summed E-state index contributed by atoms with van der Waals surface area (Å²) in [5.41, 5.74) is 15.6. The molecule has 0 heterocycles. The van der Waals surface area contributed by atoms with Crippen LogP contribution in [0, 0.1) is 5.92 Å². The lowest BCUT2D eigenvalue weighted by atomic mass is 9.74. The van der Waals surface area contributed by atoms with Gasteiger partial charge in [0.05, 0.1) is 38.4 Å². The molecular formula is C68H62O8. The molecule has 0 amide bonds. The topological polar surface area (TPSA) is 140 Å². The maximum Gasteiger partial charge on any atom is 0.126 e. The Labute approximate surface area is 443 Å². The van der Waals surface area contributed by atoms with Gasteiger partial charge in [0.2, 0.25) is 0 Å². The van der Waals surface area contributed by atoms with Crippen molar-refractivity contribution in [2.45, 2.75) is 84.2 Å². The van der Waals surface area contributed by atoms with E-state index in [0.29, 0.717) is 36.9 Å². The molecule has 0 radical (unpaired) electrons. The SMILES string of the molecule is CC(C)Cc1cc2ccc3ccc(-c4ccc5c(c4)C(C)(C)c4cc(-c6ccc7c(c6)C(CCCOc6cc(CO)c(O)c(CO)c6)(COc6cc(CO)c(O)c(CO)c6)c6ccccc6-7)ccc4-5)c4ccc(c1)c2c34. The molecule has 8 heteroatoms. The van der Waals surface area contributed by atoms with E-state index in [1.54, 1.807) is 24.3 Å². The summed E-state index contributed by atoms with van der Waals surface area (Å²) < 4.78 is 13.0. The minimum Gasteiger partial charge on any atom is -0.507 e. The van der Waals surface area contributed by atoms with Crippen molar-refractivity contribution in [1.82, 2.24) is 0 Å². The van der Waals surface area contributed by atoms with Crippen molar-refractivity contribution >= 4 is 32.3 Å². The molecule has 0 aromatic heterocycles. The van der Waals surface area contributed by atoms with Crippen LogP contribution in [0.5, 0.6) is 23.0 Å². The molecule has 2 aliphatic rings. The van der Waals surface area contributed by atoms with Crippen LogP contribution in [0.15, 0.2) is 152 Å². The molecule has 8 nitrogen and oxygen atoms in total. The molecule has 6 N–H and O–H groups in total. The van der Waals surface area contributed by atoms with Gasteiger partial charge in [-0.2, -0.15) is 0 Å². The average Bonchev–Trinajstić information content (AvgIpc) is 4.02. The molecule has 10 aromatic carbocycles. The number of phenols is 2. The lowest BCUT2D eigenvalue weighted by molar-refractivity contribution is 0.215. The van der Waals surface area contributed by atoms with Crippen LogP contribution in [0.2, 0.25) is 0 Å². The smallest absolute Gasteiger partial charge is 0.126 e. The van der Waals surface area contributed by atoms with E-state index in [1.807, 2.05) is 6.07 Å². The predicted molar refractivity (Wildman–Crippen MR) is 303 cm³/mol. The van der Waals surface area contributed by atoms with Crippen LogP contribution in [-0.2, 0) is 43.7 Å². The van der Waals surface area contributed by atoms with E-state index in [0.717, 1.165) is 39.8 Å². The van der Waals surface area contributed by atoms with Crippen LogP contribution in [0.3, 0.4) is 0 Å². The highest BCUT2D eigenvalue weighted by molar-refractivity contribution is 6.25. The highest BCUT2D eigenvalue weighted by atomic mass is 16.5. The van der Waals surface area contributed by atoms with Crippen LogP contribution in [0.1, 0.15) is 90.6 Å². The Kier molecular flexibility index (Phi) is 12.4. The molecule has 76 heavy (non-hydrogen) atoms. The summed E-state index contributed by atoms with van der Waals surface area (Å²) in [6, 6.07) is 54.1. The van der Waals surface area contributed by atoms with Gasteiger partial charge >= 0.3 is 0 Å². The Hall–Kier alpha value is -7.72. The maximum atomic E-state index is 10.7. The molecule has 0 fully saturated rings. The fraction of sp³-hybridized carbons (Fsp3) is 0.235. The van der Waals surface area contributed by atoms with Crippen molar-refractivity contribution in [1.29, 1.82) is 0 Å². The molecule has 382 valence electrons. The Morgan fingerprint density at radius 3 is 1.55 bits per heavy atom. The van der Waals surface area contributed by atoms with Gasteiger partial charge in [0.1, 0.15) is 29.6 Å². The van der Waals surface area contributed by atoms with Crippen molar-refractivity contribution in [3.8, 4) is 67.5 Å². The zero-order valence-corrected chi connectivity index (χ0v) is 43.4. The van der Waals surface area contributed by atoms with E-state index < -0.39 is 31.8 Å². The summed E-state index contributed by atoms with van der Waals surface area (Å²) >= 11 is 0. The molecule has 0 bridgehead atoms. The van der Waals surface area contributed by atoms with E-state index in [4.69, 9.17) is 9.47 Å². The zero-order chi connectivity index (χ0) is 52.6. The van der Waals surface area contributed by atoms with Crippen LogP contribution >= 0.6 is 0 Å². The highest BCUT2D eigenvalue weighted by Gasteiger charge is 2.44. The molecule has 12 rings (SSSR count). The van der Waals surface area contributed by atoms with Crippen LogP contribution in [-0.4, -0.2) is 43.9 Å². The summed E-state index contributed by atoms with van der Waals surface area (Å²) in [4.78, 5) is 0.